The highest BCUT2D eigenvalue weighted by Crippen LogP contribution is 2.06. The Bertz CT molecular complexity index is 364. The number of carbonyl (C=O) groups is 1. The van der Waals surface area contributed by atoms with E-state index in [2.05, 4.69) is 15.6 Å². The second-order valence-electron chi connectivity index (χ2n) is 3.58. The molecule has 0 atom stereocenters. The minimum Gasteiger partial charge on any atom is -0.390 e. The first-order valence-corrected chi connectivity index (χ1v) is 5.50. The number of hydrogen-bond donors (Lipinski definition) is 2. The Morgan fingerprint density at radius 3 is 2.94 bits per heavy atom. The average Bonchev–Trinajstić information content (AvgIpc) is 2.70. The second kappa shape index (κ2) is 6.97. The zero-order valence-corrected chi connectivity index (χ0v) is 10.1. The number of amides is 1. The number of nitrogens with one attached hydrogen (secondary N) is 1. The van der Waals surface area contributed by atoms with Crippen molar-refractivity contribution < 1.29 is 14.6 Å². The van der Waals surface area contributed by atoms with Crippen LogP contribution in [0.5, 0.6) is 0 Å². The molecule has 7 nitrogen and oxygen atoms in total. The lowest BCUT2D eigenvalue weighted by Crippen LogP contribution is -2.29. The molecule has 0 saturated heterocycles. The Kier molecular flexibility index (Phi) is 5.58. The van der Waals surface area contributed by atoms with E-state index in [1.165, 1.54) is 11.8 Å². The molecule has 0 spiro atoms. The van der Waals surface area contributed by atoms with Gasteiger partial charge in [0.1, 0.15) is 12.2 Å². The summed E-state index contributed by atoms with van der Waals surface area (Å²) in [6.07, 6.45) is 0.885. The molecule has 0 radical (unpaired) electrons. The molecule has 0 fully saturated rings. The maximum atomic E-state index is 11.5. The SMILES string of the molecule is CCCNC(=O)Cn1nnc(CO)c1COC. The molecule has 0 aromatic carbocycles. The molecule has 1 amide bonds. The molecule has 1 aromatic rings. The fourth-order valence-corrected chi connectivity index (χ4v) is 1.37. The van der Waals surface area contributed by atoms with Gasteiger partial charge in [-0.3, -0.25) is 4.79 Å². The molecule has 1 aromatic heterocycles. The van der Waals surface area contributed by atoms with Gasteiger partial charge in [0.05, 0.1) is 18.9 Å². The summed E-state index contributed by atoms with van der Waals surface area (Å²) in [5, 5.41) is 19.4. The van der Waals surface area contributed by atoms with Crippen LogP contribution in [0.4, 0.5) is 0 Å². The van der Waals surface area contributed by atoms with E-state index in [0.717, 1.165) is 6.42 Å². The first-order valence-electron chi connectivity index (χ1n) is 5.50. The normalized spacial score (nSPS) is 10.5. The van der Waals surface area contributed by atoms with Gasteiger partial charge in [-0.15, -0.1) is 5.10 Å². The average molecular weight is 242 g/mol. The van der Waals surface area contributed by atoms with Crippen LogP contribution < -0.4 is 5.32 Å². The van der Waals surface area contributed by atoms with Crippen LogP contribution in [-0.2, 0) is 29.3 Å². The first kappa shape index (κ1) is 13.6. The minimum absolute atomic E-state index is 0.0890. The molecule has 17 heavy (non-hydrogen) atoms. The smallest absolute Gasteiger partial charge is 0.241 e. The Morgan fingerprint density at radius 2 is 2.35 bits per heavy atom. The van der Waals surface area contributed by atoms with E-state index < -0.39 is 0 Å². The van der Waals surface area contributed by atoms with Gasteiger partial charge in [-0.05, 0) is 6.42 Å². The van der Waals surface area contributed by atoms with E-state index in [1.54, 1.807) is 0 Å². The summed E-state index contributed by atoms with van der Waals surface area (Å²) >= 11 is 0. The quantitative estimate of drug-likeness (QED) is 0.669. The van der Waals surface area contributed by atoms with Gasteiger partial charge >= 0.3 is 0 Å². The summed E-state index contributed by atoms with van der Waals surface area (Å²) in [5.74, 6) is -0.126. The maximum absolute atomic E-state index is 11.5. The van der Waals surface area contributed by atoms with Crippen molar-refractivity contribution in [1.29, 1.82) is 0 Å². The van der Waals surface area contributed by atoms with Crippen molar-refractivity contribution in [3.8, 4) is 0 Å². The number of aliphatic hydroxyl groups is 1. The molecule has 0 unspecified atom stereocenters. The van der Waals surface area contributed by atoms with Gasteiger partial charge in [0, 0.05) is 13.7 Å². The number of hydrogen-bond acceptors (Lipinski definition) is 5. The molecule has 0 saturated carbocycles. The topological polar surface area (TPSA) is 89.3 Å². The van der Waals surface area contributed by atoms with Crippen molar-refractivity contribution in [3.05, 3.63) is 11.4 Å². The largest absolute Gasteiger partial charge is 0.390 e. The van der Waals surface area contributed by atoms with Gasteiger partial charge in [-0.25, -0.2) is 4.68 Å². The lowest BCUT2D eigenvalue weighted by molar-refractivity contribution is -0.121. The third kappa shape index (κ3) is 3.79. The Morgan fingerprint density at radius 1 is 1.59 bits per heavy atom. The molecule has 2 N–H and O–H groups in total. The summed E-state index contributed by atoms with van der Waals surface area (Å²) in [4.78, 5) is 11.5. The predicted octanol–water partition coefficient (Wildman–Crippen LogP) is -0.557. The minimum atomic E-state index is -0.213. The lowest BCUT2D eigenvalue weighted by atomic mass is 10.3. The molecule has 0 aliphatic carbocycles. The Hall–Kier alpha value is -1.47. The third-order valence-corrected chi connectivity index (χ3v) is 2.21. The molecule has 1 heterocycles. The zero-order valence-electron chi connectivity index (χ0n) is 10.1. The van der Waals surface area contributed by atoms with Crippen LogP contribution in [0.1, 0.15) is 24.7 Å². The third-order valence-electron chi connectivity index (χ3n) is 2.21. The van der Waals surface area contributed by atoms with E-state index in [-0.39, 0.29) is 25.7 Å². The summed E-state index contributed by atoms with van der Waals surface area (Å²) in [7, 11) is 1.54. The number of rotatable bonds is 7. The summed E-state index contributed by atoms with van der Waals surface area (Å²) in [5.41, 5.74) is 1.07. The van der Waals surface area contributed by atoms with Gasteiger partial charge in [0.25, 0.3) is 0 Å². The van der Waals surface area contributed by atoms with Gasteiger partial charge in [-0.1, -0.05) is 12.1 Å². The van der Waals surface area contributed by atoms with E-state index in [9.17, 15) is 4.79 Å². The van der Waals surface area contributed by atoms with Crippen molar-refractivity contribution in [2.24, 2.45) is 0 Å². The molecular weight excluding hydrogens is 224 g/mol. The molecule has 0 bridgehead atoms. The van der Waals surface area contributed by atoms with Crippen LogP contribution in [0.25, 0.3) is 0 Å². The number of carbonyl (C=O) groups excluding carboxylic acids is 1. The van der Waals surface area contributed by atoms with E-state index in [1.807, 2.05) is 6.92 Å². The van der Waals surface area contributed by atoms with Crippen LogP contribution >= 0.6 is 0 Å². The van der Waals surface area contributed by atoms with E-state index in [4.69, 9.17) is 9.84 Å². The first-order chi connectivity index (χ1) is 8.22. The second-order valence-corrected chi connectivity index (χ2v) is 3.58. The zero-order chi connectivity index (χ0) is 12.7. The molecular formula is C10H18N4O3. The number of nitrogens with zero attached hydrogens (tertiary/aromatic N) is 3. The van der Waals surface area contributed by atoms with Crippen molar-refractivity contribution in [3.63, 3.8) is 0 Å². The van der Waals surface area contributed by atoms with Crippen LogP contribution in [0.3, 0.4) is 0 Å². The summed E-state index contributed by atoms with van der Waals surface area (Å²) in [6, 6.07) is 0. The number of methoxy groups -OCH3 is 1. The Labute approximate surface area is 99.8 Å². The van der Waals surface area contributed by atoms with Gasteiger partial charge in [0.2, 0.25) is 5.91 Å². The van der Waals surface area contributed by atoms with E-state index >= 15 is 0 Å². The highest BCUT2D eigenvalue weighted by Gasteiger charge is 2.14. The fraction of sp³-hybridized carbons (Fsp3) is 0.700. The monoisotopic (exact) mass is 242 g/mol. The summed E-state index contributed by atoms with van der Waals surface area (Å²) < 4.78 is 6.43. The summed E-state index contributed by atoms with van der Waals surface area (Å²) in [6.45, 7) is 2.76. The van der Waals surface area contributed by atoms with Crippen LogP contribution in [0, 0.1) is 0 Å². The van der Waals surface area contributed by atoms with Gasteiger partial charge in [0.15, 0.2) is 0 Å². The fourth-order valence-electron chi connectivity index (χ4n) is 1.37. The highest BCUT2D eigenvalue weighted by atomic mass is 16.5. The molecule has 0 aliphatic heterocycles. The Balaban J connectivity index is 2.69. The van der Waals surface area contributed by atoms with Crippen molar-refractivity contribution in [2.45, 2.75) is 33.1 Å². The number of aliphatic hydroxyl groups excluding tert-OH is 1. The van der Waals surface area contributed by atoms with Crippen molar-refractivity contribution in [1.82, 2.24) is 20.3 Å². The van der Waals surface area contributed by atoms with Crippen LogP contribution in [0.15, 0.2) is 0 Å². The number of ether oxygens (including phenoxy) is 1. The van der Waals surface area contributed by atoms with Gasteiger partial charge in [-0.2, -0.15) is 0 Å². The molecule has 0 aliphatic rings. The van der Waals surface area contributed by atoms with Crippen molar-refractivity contribution >= 4 is 5.91 Å². The predicted molar refractivity (Wildman–Crippen MR) is 60.0 cm³/mol. The van der Waals surface area contributed by atoms with Gasteiger partial charge < -0.3 is 15.2 Å². The van der Waals surface area contributed by atoms with E-state index in [0.29, 0.717) is 17.9 Å². The lowest BCUT2D eigenvalue weighted by Gasteiger charge is -2.07. The van der Waals surface area contributed by atoms with Crippen LogP contribution in [0.2, 0.25) is 0 Å². The molecule has 96 valence electrons. The molecule has 1 rings (SSSR count). The van der Waals surface area contributed by atoms with Crippen molar-refractivity contribution in [2.75, 3.05) is 13.7 Å². The number of aromatic nitrogens is 3. The highest BCUT2D eigenvalue weighted by molar-refractivity contribution is 5.75. The van der Waals surface area contributed by atoms with Crippen LogP contribution in [-0.4, -0.2) is 39.7 Å². The maximum Gasteiger partial charge on any atom is 0.241 e. The standard InChI is InChI=1S/C10H18N4O3/c1-3-4-11-10(16)5-14-9(7-17-2)8(6-15)12-13-14/h15H,3-7H2,1-2H3,(H,11,16). The molecule has 7 heteroatoms.